The molecular formula is C18H27F3N2O3S. The molecule has 27 heavy (non-hydrogen) atoms. The van der Waals surface area contributed by atoms with E-state index < -0.39 is 15.5 Å². The maximum Gasteiger partial charge on any atom is 0.511 e. The molecule has 5 nitrogen and oxygen atoms in total. The highest BCUT2D eigenvalue weighted by Crippen LogP contribution is 2.44. The van der Waals surface area contributed by atoms with Gasteiger partial charge in [0.1, 0.15) is 6.29 Å². The van der Waals surface area contributed by atoms with Gasteiger partial charge in [-0.3, -0.25) is 4.79 Å². The van der Waals surface area contributed by atoms with Crippen molar-refractivity contribution in [3.63, 3.8) is 0 Å². The molecule has 0 amide bonds. The third-order valence-electron chi connectivity index (χ3n) is 5.37. The second kappa shape index (κ2) is 7.95. The molecule has 0 unspecified atom stereocenters. The van der Waals surface area contributed by atoms with E-state index >= 15 is 0 Å². The number of carbonyl (C=O) groups is 1. The van der Waals surface area contributed by atoms with Crippen LogP contribution in [0, 0.1) is 5.41 Å². The van der Waals surface area contributed by atoms with E-state index in [-0.39, 0.29) is 31.5 Å². The molecule has 0 spiro atoms. The molecule has 0 radical (unpaired) electrons. The molecule has 2 rings (SSSR count). The molecule has 0 saturated carbocycles. The van der Waals surface area contributed by atoms with Crippen LogP contribution in [0.2, 0.25) is 0 Å². The van der Waals surface area contributed by atoms with E-state index in [4.69, 9.17) is 0 Å². The van der Waals surface area contributed by atoms with Crippen molar-refractivity contribution >= 4 is 16.3 Å². The molecule has 0 aromatic rings. The van der Waals surface area contributed by atoms with E-state index in [9.17, 15) is 26.4 Å². The topological polar surface area (TPSA) is 57.7 Å². The molecule has 0 N–H and O–H groups in total. The third-order valence-corrected chi connectivity index (χ3v) is 7.00. The predicted octanol–water partition coefficient (Wildman–Crippen LogP) is 3.45. The van der Waals surface area contributed by atoms with E-state index in [0.29, 0.717) is 22.8 Å². The zero-order chi connectivity index (χ0) is 20.5. The van der Waals surface area contributed by atoms with Gasteiger partial charge in [-0.15, -0.1) is 0 Å². The Labute approximate surface area is 158 Å². The van der Waals surface area contributed by atoms with Gasteiger partial charge in [0.2, 0.25) is 0 Å². The van der Waals surface area contributed by atoms with Gasteiger partial charge >= 0.3 is 15.5 Å². The number of allylic oxidation sites excluding steroid dienone is 3. The van der Waals surface area contributed by atoms with E-state index in [1.165, 1.54) is 11.6 Å². The molecule has 0 atom stereocenters. The average Bonchev–Trinajstić information content (AvgIpc) is 2.78. The second-order valence-corrected chi connectivity index (χ2v) is 9.70. The molecule has 1 fully saturated rings. The summed E-state index contributed by atoms with van der Waals surface area (Å²) in [7, 11) is -5.34. The number of alkyl halides is 3. The first-order valence-corrected chi connectivity index (χ1v) is 10.5. The number of halogens is 3. The molecule has 1 aliphatic heterocycles. The van der Waals surface area contributed by atoms with Crippen LogP contribution in [-0.4, -0.2) is 55.6 Å². The number of sulfonamides is 1. The molecular weight excluding hydrogens is 381 g/mol. The minimum Gasteiger partial charge on any atom is -0.370 e. The molecule has 9 heteroatoms. The van der Waals surface area contributed by atoms with Crippen molar-refractivity contribution in [3.8, 4) is 0 Å². The van der Waals surface area contributed by atoms with Gasteiger partial charge in [0.05, 0.1) is 0 Å². The summed E-state index contributed by atoms with van der Waals surface area (Å²) >= 11 is 0. The highest BCUT2D eigenvalue weighted by molar-refractivity contribution is 7.90. The van der Waals surface area contributed by atoms with Crippen LogP contribution in [0.5, 0.6) is 0 Å². The number of aldehydes is 1. The predicted molar refractivity (Wildman–Crippen MR) is 97.2 cm³/mol. The number of nitrogens with zero attached hydrogens (tertiary/aromatic N) is 2. The maximum absolute atomic E-state index is 12.9. The van der Waals surface area contributed by atoms with Gasteiger partial charge in [-0.1, -0.05) is 19.4 Å². The van der Waals surface area contributed by atoms with E-state index in [1.54, 1.807) is 0 Å². The fraction of sp³-hybridized carbons (Fsp3) is 0.722. The minimum atomic E-state index is -5.34. The molecule has 1 aliphatic carbocycles. The van der Waals surface area contributed by atoms with Crippen LogP contribution in [0.1, 0.15) is 46.5 Å². The Morgan fingerprint density at radius 1 is 1.11 bits per heavy atom. The van der Waals surface area contributed by atoms with E-state index in [1.807, 2.05) is 11.8 Å². The van der Waals surface area contributed by atoms with Crippen molar-refractivity contribution in [2.24, 2.45) is 5.41 Å². The SMILES string of the molecule is CC1=C(C(=CC=O)N2CCCN(S(=O)(=O)C(F)(F)F)CC2)C(C)(C)CCC1. The first-order chi connectivity index (χ1) is 12.4. The quantitative estimate of drug-likeness (QED) is 0.528. The highest BCUT2D eigenvalue weighted by atomic mass is 32.2. The number of rotatable bonds is 4. The summed E-state index contributed by atoms with van der Waals surface area (Å²) < 4.78 is 62.5. The lowest BCUT2D eigenvalue weighted by atomic mass is 9.71. The molecule has 154 valence electrons. The molecule has 1 heterocycles. The van der Waals surface area contributed by atoms with Crippen LogP contribution < -0.4 is 0 Å². The van der Waals surface area contributed by atoms with E-state index in [0.717, 1.165) is 24.8 Å². The fourth-order valence-electron chi connectivity index (χ4n) is 4.12. The number of hydrogen-bond donors (Lipinski definition) is 0. The molecule has 0 aromatic heterocycles. The Balaban J connectivity index is 2.31. The Morgan fingerprint density at radius 3 is 2.33 bits per heavy atom. The van der Waals surface area contributed by atoms with Crippen LogP contribution in [0.15, 0.2) is 22.9 Å². The molecule has 0 bridgehead atoms. The van der Waals surface area contributed by atoms with Gasteiger partial charge in [0.25, 0.3) is 0 Å². The van der Waals surface area contributed by atoms with Gasteiger partial charge in [0, 0.05) is 38.0 Å². The molecule has 1 saturated heterocycles. The van der Waals surface area contributed by atoms with Crippen LogP contribution in [0.4, 0.5) is 13.2 Å². The Morgan fingerprint density at radius 2 is 1.78 bits per heavy atom. The normalized spacial score (nSPS) is 23.3. The highest BCUT2D eigenvalue weighted by Gasteiger charge is 2.50. The number of carbonyl (C=O) groups excluding carboxylic acids is 1. The standard InChI is InChI=1S/C18H27F3N2O3S/c1-14-6-4-8-17(2,3)16(14)15(7-13-24)22-9-5-10-23(12-11-22)27(25,26)18(19,20)21/h7,13H,4-6,8-12H2,1-3H3. The third kappa shape index (κ3) is 4.56. The van der Waals surface area contributed by atoms with Gasteiger partial charge in [-0.25, -0.2) is 8.42 Å². The zero-order valence-corrected chi connectivity index (χ0v) is 16.8. The van der Waals surface area contributed by atoms with Gasteiger partial charge < -0.3 is 4.90 Å². The lowest BCUT2D eigenvalue weighted by Gasteiger charge is -2.39. The van der Waals surface area contributed by atoms with Gasteiger partial charge in [-0.05, 0) is 43.6 Å². The van der Waals surface area contributed by atoms with Crippen LogP contribution in [-0.2, 0) is 14.8 Å². The van der Waals surface area contributed by atoms with Crippen molar-refractivity contribution < 1.29 is 26.4 Å². The second-order valence-electron chi connectivity index (χ2n) is 7.77. The summed E-state index contributed by atoms with van der Waals surface area (Å²) in [5, 5.41) is 0. The lowest BCUT2D eigenvalue weighted by molar-refractivity contribution is -0.104. The fourth-order valence-corrected chi connectivity index (χ4v) is 5.11. The summed E-state index contributed by atoms with van der Waals surface area (Å²) in [6.45, 7) is 6.29. The van der Waals surface area contributed by atoms with Crippen molar-refractivity contribution in [2.75, 3.05) is 26.2 Å². The number of hydrogen-bond acceptors (Lipinski definition) is 4. The van der Waals surface area contributed by atoms with Crippen LogP contribution in [0.3, 0.4) is 0 Å². The first-order valence-electron chi connectivity index (χ1n) is 9.09. The Bertz CT molecular complexity index is 739. The van der Waals surface area contributed by atoms with Crippen LogP contribution >= 0.6 is 0 Å². The van der Waals surface area contributed by atoms with Crippen molar-refractivity contribution in [1.82, 2.24) is 9.21 Å². The maximum atomic E-state index is 12.9. The van der Waals surface area contributed by atoms with Crippen molar-refractivity contribution in [1.29, 1.82) is 0 Å². The van der Waals surface area contributed by atoms with Crippen molar-refractivity contribution in [2.45, 2.75) is 52.0 Å². The summed E-state index contributed by atoms with van der Waals surface area (Å²) in [5.74, 6) is 0. The molecule has 0 aromatic carbocycles. The lowest BCUT2D eigenvalue weighted by Crippen LogP contribution is -2.42. The Kier molecular flexibility index (Phi) is 6.46. The van der Waals surface area contributed by atoms with E-state index in [2.05, 4.69) is 13.8 Å². The average molecular weight is 408 g/mol. The largest absolute Gasteiger partial charge is 0.511 e. The zero-order valence-electron chi connectivity index (χ0n) is 16.0. The van der Waals surface area contributed by atoms with Crippen molar-refractivity contribution in [3.05, 3.63) is 22.9 Å². The van der Waals surface area contributed by atoms with Gasteiger partial charge in [-0.2, -0.15) is 17.5 Å². The first kappa shape index (κ1) is 21.9. The van der Waals surface area contributed by atoms with Gasteiger partial charge in [0.15, 0.2) is 0 Å². The smallest absolute Gasteiger partial charge is 0.370 e. The summed E-state index contributed by atoms with van der Waals surface area (Å²) in [4.78, 5) is 13.1. The summed E-state index contributed by atoms with van der Waals surface area (Å²) in [5.41, 5.74) is -2.52. The summed E-state index contributed by atoms with van der Waals surface area (Å²) in [6.07, 6.45) is 5.33. The minimum absolute atomic E-state index is 0.113. The molecule has 2 aliphatic rings. The van der Waals surface area contributed by atoms with Crippen LogP contribution in [0.25, 0.3) is 0 Å². The monoisotopic (exact) mass is 408 g/mol. The summed E-state index contributed by atoms with van der Waals surface area (Å²) in [6, 6.07) is 0. The Hall–Kier alpha value is -1.35.